The molecule has 0 unspecified atom stereocenters. The van der Waals surface area contributed by atoms with Crippen molar-refractivity contribution in [3.05, 3.63) is 12.2 Å². The third-order valence-electron chi connectivity index (χ3n) is 1.04. The monoisotopic (exact) mass is 128 g/mol. The second-order valence-electron chi connectivity index (χ2n) is 2.53. The van der Waals surface area contributed by atoms with Crippen LogP contribution in [0.25, 0.3) is 0 Å². The molecule has 0 saturated heterocycles. The summed E-state index contributed by atoms with van der Waals surface area (Å²) in [6.07, 6.45) is 0.943. The van der Waals surface area contributed by atoms with Crippen LogP contribution in [0.5, 0.6) is 0 Å². The predicted molar refractivity (Wildman–Crippen MR) is 41.4 cm³/mol. The molecule has 0 atom stereocenters. The van der Waals surface area contributed by atoms with Gasteiger partial charge in [-0.25, -0.2) is 0 Å². The van der Waals surface area contributed by atoms with E-state index in [9.17, 15) is 0 Å². The Morgan fingerprint density at radius 3 is 2.44 bits per heavy atom. The van der Waals surface area contributed by atoms with Crippen LogP contribution in [0.4, 0.5) is 0 Å². The van der Waals surface area contributed by atoms with Crippen LogP contribution in [0.15, 0.2) is 12.2 Å². The lowest BCUT2D eigenvalue weighted by Gasteiger charge is -2.10. The molecule has 0 aliphatic carbocycles. The molecule has 2 nitrogen and oxygen atoms in total. The van der Waals surface area contributed by atoms with Gasteiger partial charge in [0.2, 0.25) is 0 Å². The molecule has 0 aliphatic rings. The van der Waals surface area contributed by atoms with Gasteiger partial charge in [0.25, 0.3) is 0 Å². The molecular weight excluding hydrogens is 112 g/mol. The lowest BCUT2D eigenvalue weighted by Crippen LogP contribution is -2.16. The molecule has 0 saturated carbocycles. The molecule has 0 bridgehead atoms. The molecule has 0 aliphatic heterocycles. The van der Waals surface area contributed by atoms with Crippen LogP contribution in [0.1, 0.15) is 6.42 Å². The Bertz CT molecular complexity index is 86.9. The summed E-state index contributed by atoms with van der Waals surface area (Å²) in [7, 11) is 4.06. The first-order valence-corrected chi connectivity index (χ1v) is 3.18. The van der Waals surface area contributed by atoms with Crippen molar-refractivity contribution in [1.29, 1.82) is 0 Å². The summed E-state index contributed by atoms with van der Waals surface area (Å²) < 4.78 is 0. The lowest BCUT2D eigenvalue weighted by molar-refractivity contribution is 0.440. The number of rotatable bonds is 4. The molecule has 54 valence electrons. The van der Waals surface area contributed by atoms with Gasteiger partial charge < -0.3 is 10.6 Å². The van der Waals surface area contributed by atoms with E-state index < -0.39 is 0 Å². The molecule has 0 radical (unpaired) electrons. The summed E-state index contributed by atoms with van der Waals surface area (Å²) in [6.45, 7) is 5.53. The molecule has 2 N–H and O–H groups in total. The first-order valence-electron chi connectivity index (χ1n) is 3.18. The van der Waals surface area contributed by atoms with Gasteiger partial charge in [0.05, 0.1) is 0 Å². The summed E-state index contributed by atoms with van der Waals surface area (Å²) in [4.78, 5) is 2.10. The Kier molecular flexibility index (Phi) is 4.36. The topological polar surface area (TPSA) is 29.3 Å². The van der Waals surface area contributed by atoms with Gasteiger partial charge in [-0.1, -0.05) is 12.2 Å². The Morgan fingerprint density at radius 2 is 2.11 bits per heavy atom. The maximum Gasteiger partial charge on any atom is 0.0184 e. The van der Waals surface area contributed by atoms with Crippen molar-refractivity contribution in [2.75, 3.05) is 27.2 Å². The zero-order valence-electron chi connectivity index (χ0n) is 6.35. The number of likely N-dealkylation sites (N-methyl/N-ethyl adjacent to an activating group) is 1. The third-order valence-corrected chi connectivity index (χ3v) is 1.04. The molecule has 0 aromatic rings. The minimum atomic E-state index is 0.715. The smallest absolute Gasteiger partial charge is 0.0184 e. The van der Waals surface area contributed by atoms with Gasteiger partial charge in [-0.05, 0) is 27.1 Å². The van der Waals surface area contributed by atoms with Gasteiger partial charge in [0, 0.05) is 6.54 Å². The largest absolute Gasteiger partial charge is 0.330 e. The number of hydrogen-bond acceptors (Lipinski definition) is 2. The summed E-state index contributed by atoms with van der Waals surface area (Å²) in [6, 6.07) is 0. The SMILES string of the molecule is C=C(CCN)CN(C)C. The molecule has 0 fully saturated rings. The fraction of sp³-hybridized carbons (Fsp3) is 0.714. The van der Waals surface area contributed by atoms with E-state index in [1.807, 2.05) is 14.1 Å². The minimum absolute atomic E-state index is 0.715. The van der Waals surface area contributed by atoms with Crippen molar-refractivity contribution in [2.45, 2.75) is 6.42 Å². The van der Waals surface area contributed by atoms with E-state index in [4.69, 9.17) is 5.73 Å². The molecule has 0 aromatic carbocycles. The van der Waals surface area contributed by atoms with Crippen molar-refractivity contribution in [2.24, 2.45) is 5.73 Å². The van der Waals surface area contributed by atoms with E-state index in [0.717, 1.165) is 13.0 Å². The molecule has 9 heavy (non-hydrogen) atoms. The van der Waals surface area contributed by atoms with Crippen LogP contribution in [-0.4, -0.2) is 32.1 Å². The quantitative estimate of drug-likeness (QED) is 0.557. The fourth-order valence-corrected chi connectivity index (χ4v) is 0.730. The lowest BCUT2D eigenvalue weighted by atomic mass is 10.2. The van der Waals surface area contributed by atoms with Crippen molar-refractivity contribution < 1.29 is 0 Å². The minimum Gasteiger partial charge on any atom is -0.330 e. The van der Waals surface area contributed by atoms with Gasteiger partial charge >= 0.3 is 0 Å². The Labute approximate surface area is 57.3 Å². The third kappa shape index (κ3) is 5.53. The molecule has 0 spiro atoms. The average molecular weight is 128 g/mol. The Hall–Kier alpha value is -0.340. The van der Waals surface area contributed by atoms with Gasteiger partial charge in [0.15, 0.2) is 0 Å². The average Bonchev–Trinajstić information content (AvgIpc) is 1.63. The molecule has 2 heteroatoms. The number of hydrogen-bond donors (Lipinski definition) is 1. The van der Waals surface area contributed by atoms with Crippen molar-refractivity contribution in [3.63, 3.8) is 0 Å². The first-order chi connectivity index (χ1) is 4.16. The van der Waals surface area contributed by atoms with Crippen LogP contribution in [0.3, 0.4) is 0 Å². The maximum absolute atomic E-state index is 5.33. The van der Waals surface area contributed by atoms with Gasteiger partial charge in [-0.2, -0.15) is 0 Å². The van der Waals surface area contributed by atoms with E-state index in [1.54, 1.807) is 0 Å². The highest BCUT2D eigenvalue weighted by atomic mass is 15.0. The van der Waals surface area contributed by atoms with Crippen molar-refractivity contribution in [1.82, 2.24) is 4.90 Å². The van der Waals surface area contributed by atoms with E-state index >= 15 is 0 Å². The second kappa shape index (κ2) is 4.53. The van der Waals surface area contributed by atoms with Gasteiger partial charge in [-0.3, -0.25) is 0 Å². The van der Waals surface area contributed by atoms with Crippen LogP contribution >= 0.6 is 0 Å². The van der Waals surface area contributed by atoms with Crippen LogP contribution < -0.4 is 5.73 Å². The Balaban J connectivity index is 3.27. The van der Waals surface area contributed by atoms with E-state index in [-0.39, 0.29) is 0 Å². The summed E-state index contributed by atoms with van der Waals surface area (Å²) >= 11 is 0. The highest BCUT2D eigenvalue weighted by Crippen LogP contribution is 1.95. The van der Waals surface area contributed by atoms with Gasteiger partial charge in [0.1, 0.15) is 0 Å². The zero-order chi connectivity index (χ0) is 7.28. The molecule has 0 aromatic heterocycles. The first kappa shape index (κ1) is 8.66. The van der Waals surface area contributed by atoms with Crippen LogP contribution in [-0.2, 0) is 0 Å². The summed E-state index contributed by atoms with van der Waals surface area (Å²) in [5.41, 5.74) is 6.54. The Morgan fingerprint density at radius 1 is 1.56 bits per heavy atom. The molecule has 0 rings (SSSR count). The van der Waals surface area contributed by atoms with Crippen molar-refractivity contribution >= 4 is 0 Å². The van der Waals surface area contributed by atoms with Crippen LogP contribution in [0, 0.1) is 0 Å². The highest BCUT2D eigenvalue weighted by Gasteiger charge is 1.92. The number of nitrogens with zero attached hydrogens (tertiary/aromatic N) is 1. The van der Waals surface area contributed by atoms with Gasteiger partial charge in [-0.15, -0.1) is 0 Å². The molecule has 0 heterocycles. The zero-order valence-corrected chi connectivity index (χ0v) is 6.35. The van der Waals surface area contributed by atoms with E-state index in [1.165, 1.54) is 5.57 Å². The maximum atomic E-state index is 5.33. The van der Waals surface area contributed by atoms with E-state index in [0.29, 0.717) is 6.54 Å². The summed E-state index contributed by atoms with van der Waals surface area (Å²) in [5.74, 6) is 0. The highest BCUT2D eigenvalue weighted by molar-refractivity contribution is 4.96. The van der Waals surface area contributed by atoms with E-state index in [2.05, 4.69) is 11.5 Å². The standard InChI is InChI=1S/C7H16N2/c1-7(4-5-8)6-9(2)3/h1,4-6,8H2,2-3H3. The second-order valence-corrected chi connectivity index (χ2v) is 2.53. The predicted octanol–water partition coefficient (Wildman–Crippen LogP) is 0.453. The van der Waals surface area contributed by atoms with Crippen molar-refractivity contribution in [3.8, 4) is 0 Å². The fourth-order valence-electron chi connectivity index (χ4n) is 0.730. The normalized spacial score (nSPS) is 10.2. The molecule has 0 amide bonds. The van der Waals surface area contributed by atoms with Crippen LogP contribution in [0.2, 0.25) is 0 Å². The summed E-state index contributed by atoms with van der Waals surface area (Å²) in [5, 5.41) is 0. The number of nitrogens with two attached hydrogens (primary N) is 1. The molecular formula is C7H16N2.